The summed E-state index contributed by atoms with van der Waals surface area (Å²) >= 11 is 0. The van der Waals surface area contributed by atoms with Crippen molar-refractivity contribution in [2.45, 2.75) is 112 Å². The van der Waals surface area contributed by atoms with Gasteiger partial charge in [0.2, 0.25) is 0 Å². The van der Waals surface area contributed by atoms with E-state index in [0.717, 1.165) is 51.4 Å². The summed E-state index contributed by atoms with van der Waals surface area (Å²) in [5, 5.41) is 19.3. The Bertz CT molecular complexity index is 1540. The summed E-state index contributed by atoms with van der Waals surface area (Å²) in [4.78, 5) is 35.6. The second kappa shape index (κ2) is 9.02. The minimum absolute atomic E-state index is 0.0482. The molecule has 0 bridgehead atoms. The van der Waals surface area contributed by atoms with Crippen LogP contribution >= 0.6 is 0 Å². The standard InChI is InChI=1S/C36H49N3O4/c1-31(2)27-12-15-36(7)29(34(27,5)14-13-28(31)41)26(40)20-22-23-21-33(4,17-16-32(23,3)18-19-35(22,36)6)30(42)43-39-25-11-9-8-10-24(25)37-38-39/h8-11,20,23,27-29,41H,12-19,21H2,1-7H3/t23-,27-,28-,29+,32+,33-,34-,35+,36+/m0/s1. The number of nitrogens with zero attached hydrogens (tertiary/aromatic N) is 3. The predicted octanol–water partition coefficient (Wildman–Crippen LogP) is 6.73. The normalized spacial score (nSPS) is 45.3. The van der Waals surface area contributed by atoms with Gasteiger partial charge in [-0.25, -0.2) is 4.79 Å². The Morgan fingerprint density at radius 2 is 1.67 bits per heavy atom. The van der Waals surface area contributed by atoms with Crippen molar-refractivity contribution in [1.82, 2.24) is 15.2 Å². The lowest BCUT2D eigenvalue weighted by Crippen LogP contribution is -2.66. The fraction of sp³-hybridized carbons (Fsp3) is 0.722. The maximum absolute atomic E-state index is 14.5. The summed E-state index contributed by atoms with van der Waals surface area (Å²) in [6.45, 7) is 16.1. The molecule has 5 aliphatic rings. The Labute approximate surface area is 255 Å². The van der Waals surface area contributed by atoms with Crippen LogP contribution in [0.2, 0.25) is 0 Å². The van der Waals surface area contributed by atoms with Gasteiger partial charge < -0.3 is 9.94 Å². The average molecular weight is 588 g/mol. The van der Waals surface area contributed by atoms with Crippen molar-refractivity contribution < 1.29 is 19.5 Å². The van der Waals surface area contributed by atoms with E-state index in [2.05, 4.69) is 57.9 Å². The maximum atomic E-state index is 14.5. The molecule has 4 fully saturated rings. The van der Waals surface area contributed by atoms with Crippen molar-refractivity contribution >= 4 is 22.8 Å². The number of fused-ring (bicyclic) bond motifs is 8. The highest BCUT2D eigenvalue weighted by atomic mass is 16.7. The third-order valence-electron chi connectivity index (χ3n) is 14.5. The smallest absolute Gasteiger partial charge is 0.340 e. The van der Waals surface area contributed by atoms with Crippen LogP contribution in [-0.4, -0.2) is 38.1 Å². The van der Waals surface area contributed by atoms with Gasteiger partial charge in [-0.3, -0.25) is 4.79 Å². The van der Waals surface area contributed by atoms with E-state index in [1.165, 1.54) is 10.4 Å². The molecule has 1 N–H and O–H groups in total. The largest absolute Gasteiger partial charge is 0.393 e. The molecule has 1 aromatic heterocycles. The van der Waals surface area contributed by atoms with E-state index < -0.39 is 5.41 Å². The Morgan fingerprint density at radius 3 is 2.44 bits per heavy atom. The lowest BCUT2D eigenvalue weighted by molar-refractivity contribution is -0.202. The lowest BCUT2D eigenvalue weighted by Gasteiger charge is -2.70. The van der Waals surface area contributed by atoms with Crippen LogP contribution in [0.1, 0.15) is 106 Å². The van der Waals surface area contributed by atoms with E-state index >= 15 is 0 Å². The average Bonchev–Trinajstić information content (AvgIpc) is 3.36. The highest BCUT2D eigenvalue weighted by molar-refractivity contribution is 5.95. The Kier molecular flexibility index (Phi) is 6.12. The monoisotopic (exact) mass is 587 g/mol. The number of hydrogen-bond donors (Lipinski definition) is 1. The van der Waals surface area contributed by atoms with Crippen LogP contribution in [0.15, 0.2) is 35.9 Å². The van der Waals surface area contributed by atoms with Gasteiger partial charge in [-0.2, -0.15) is 0 Å². The molecule has 7 heteroatoms. The van der Waals surface area contributed by atoms with E-state index in [1.54, 1.807) is 0 Å². The van der Waals surface area contributed by atoms with Crippen LogP contribution in [0.5, 0.6) is 0 Å². The predicted molar refractivity (Wildman–Crippen MR) is 165 cm³/mol. The van der Waals surface area contributed by atoms with Crippen molar-refractivity contribution in [1.29, 1.82) is 0 Å². The molecule has 0 unspecified atom stereocenters. The first-order chi connectivity index (χ1) is 20.1. The van der Waals surface area contributed by atoms with E-state index in [4.69, 9.17) is 4.84 Å². The summed E-state index contributed by atoms with van der Waals surface area (Å²) in [6.07, 6.45) is 9.96. The minimum atomic E-state index is -0.690. The molecular formula is C36H49N3O4. The molecule has 232 valence electrons. The molecule has 1 heterocycles. The summed E-state index contributed by atoms with van der Waals surface area (Å²) in [5.41, 5.74) is 1.39. The number of ketones is 1. The zero-order chi connectivity index (χ0) is 30.8. The Balaban J connectivity index is 1.24. The molecule has 0 radical (unpaired) electrons. The molecule has 9 atom stereocenters. The summed E-state index contributed by atoms with van der Waals surface area (Å²) < 4.78 is 0. The number of aliphatic hydroxyl groups excluding tert-OH is 1. The van der Waals surface area contributed by atoms with Crippen molar-refractivity contribution in [2.24, 2.45) is 50.2 Å². The van der Waals surface area contributed by atoms with Gasteiger partial charge in [-0.05, 0) is 127 Å². The van der Waals surface area contributed by atoms with Gasteiger partial charge in [-0.15, -0.1) is 5.10 Å². The first kappa shape index (κ1) is 29.2. The van der Waals surface area contributed by atoms with Crippen LogP contribution in [-0.2, 0) is 9.59 Å². The van der Waals surface area contributed by atoms with E-state index in [9.17, 15) is 14.7 Å². The van der Waals surface area contributed by atoms with Crippen molar-refractivity contribution in [3.05, 3.63) is 35.9 Å². The molecule has 43 heavy (non-hydrogen) atoms. The molecule has 7 rings (SSSR count). The van der Waals surface area contributed by atoms with Gasteiger partial charge in [-0.1, -0.05) is 64.1 Å². The molecule has 7 nitrogen and oxygen atoms in total. The van der Waals surface area contributed by atoms with Crippen LogP contribution in [0.4, 0.5) is 0 Å². The van der Waals surface area contributed by atoms with Gasteiger partial charge in [0.25, 0.3) is 0 Å². The molecule has 0 saturated heterocycles. The second-order valence-electron chi connectivity index (χ2n) is 17.0. The minimum Gasteiger partial charge on any atom is -0.393 e. The molecule has 0 amide bonds. The van der Waals surface area contributed by atoms with Gasteiger partial charge in [0, 0.05) is 5.92 Å². The highest BCUT2D eigenvalue weighted by Crippen LogP contribution is 2.75. The van der Waals surface area contributed by atoms with Crippen molar-refractivity contribution in [3.63, 3.8) is 0 Å². The van der Waals surface area contributed by atoms with Gasteiger partial charge in [0.05, 0.1) is 11.5 Å². The number of hydrogen-bond acceptors (Lipinski definition) is 6. The number of aliphatic hydroxyl groups is 1. The first-order valence-electron chi connectivity index (χ1n) is 16.6. The van der Waals surface area contributed by atoms with Gasteiger partial charge in [0.15, 0.2) is 5.78 Å². The van der Waals surface area contributed by atoms with Crippen LogP contribution < -0.4 is 4.84 Å². The quantitative estimate of drug-likeness (QED) is 0.392. The summed E-state index contributed by atoms with van der Waals surface area (Å²) in [7, 11) is 0. The number of rotatable bonds is 2. The lowest BCUT2D eigenvalue weighted by atomic mass is 9.33. The van der Waals surface area contributed by atoms with Crippen molar-refractivity contribution in [3.8, 4) is 0 Å². The first-order valence-corrected chi connectivity index (χ1v) is 16.6. The van der Waals surface area contributed by atoms with Crippen LogP contribution in [0.25, 0.3) is 11.0 Å². The van der Waals surface area contributed by atoms with E-state index in [1.807, 2.05) is 31.2 Å². The third kappa shape index (κ3) is 3.75. The molecule has 5 aliphatic carbocycles. The molecule has 0 spiro atoms. The van der Waals surface area contributed by atoms with E-state index in [-0.39, 0.29) is 56.8 Å². The highest BCUT2D eigenvalue weighted by Gasteiger charge is 2.70. The molecule has 4 saturated carbocycles. The van der Waals surface area contributed by atoms with Crippen LogP contribution in [0, 0.1) is 50.2 Å². The maximum Gasteiger partial charge on any atom is 0.340 e. The van der Waals surface area contributed by atoms with Crippen molar-refractivity contribution in [2.75, 3.05) is 0 Å². The summed E-state index contributed by atoms with van der Waals surface area (Å²) in [5.74, 6) is 0.410. The number of carbonyl (C=O) groups excluding carboxylic acids is 2. The fourth-order valence-electron chi connectivity index (χ4n) is 11.5. The number of carbonyl (C=O) groups is 2. The zero-order valence-corrected chi connectivity index (χ0v) is 27.1. The number of allylic oxidation sites excluding steroid dienone is 2. The SMILES string of the molecule is CC1(C)[C@@H](O)CC[C@]2(C)[C@H]3C(=O)C=C4[C@@H]5C[C@@](C)(C(=O)On6nnc7ccccc76)CC[C@]5(C)CC[C@@]4(C)[C@]3(C)CC[C@@H]12. The van der Waals surface area contributed by atoms with Gasteiger partial charge in [0.1, 0.15) is 11.0 Å². The number of aromatic nitrogens is 3. The topological polar surface area (TPSA) is 94.3 Å². The number of benzene rings is 1. The summed E-state index contributed by atoms with van der Waals surface area (Å²) in [6, 6.07) is 7.49. The molecule has 2 aromatic rings. The molecule has 0 aliphatic heterocycles. The van der Waals surface area contributed by atoms with E-state index in [0.29, 0.717) is 23.4 Å². The second-order valence-corrected chi connectivity index (χ2v) is 17.0. The fourth-order valence-corrected chi connectivity index (χ4v) is 11.5. The van der Waals surface area contributed by atoms with Crippen LogP contribution in [0.3, 0.4) is 0 Å². The Hall–Kier alpha value is -2.54. The van der Waals surface area contributed by atoms with Gasteiger partial charge >= 0.3 is 5.97 Å². The number of para-hydroxylation sites is 1. The Morgan fingerprint density at radius 1 is 0.953 bits per heavy atom. The zero-order valence-electron chi connectivity index (χ0n) is 27.1. The molecular weight excluding hydrogens is 538 g/mol. The molecule has 1 aromatic carbocycles. The third-order valence-corrected chi connectivity index (χ3v) is 14.5.